The highest BCUT2D eigenvalue weighted by Crippen LogP contribution is 2.35. The number of aryl methyl sites for hydroxylation is 2. The molecule has 1 aliphatic carbocycles. The van der Waals surface area contributed by atoms with Gasteiger partial charge in [-0.05, 0) is 84.5 Å². The van der Waals surface area contributed by atoms with Crippen LogP contribution in [0.1, 0.15) is 53.0 Å². The van der Waals surface area contributed by atoms with Crippen molar-refractivity contribution in [2.75, 3.05) is 19.6 Å². The highest BCUT2D eigenvalue weighted by atomic mass is 35.5. The highest BCUT2D eigenvalue weighted by Gasteiger charge is 2.32. The maximum Gasteiger partial charge on any atom is 0.311 e. The zero-order valence-corrected chi connectivity index (χ0v) is 20.9. The van der Waals surface area contributed by atoms with E-state index >= 15 is 0 Å². The number of hydrogen-bond acceptors (Lipinski definition) is 2. The number of carboxylic acid groups (broad SMARTS) is 1. The van der Waals surface area contributed by atoms with Gasteiger partial charge in [0.15, 0.2) is 0 Å². The Morgan fingerprint density at radius 1 is 0.857 bits per heavy atom. The molecule has 0 bridgehead atoms. The van der Waals surface area contributed by atoms with Crippen molar-refractivity contribution in [3.05, 3.63) is 113 Å². The van der Waals surface area contributed by atoms with Crippen LogP contribution in [0.3, 0.4) is 0 Å². The van der Waals surface area contributed by atoms with Crippen molar-refractivity contribution in [2.45, 2.75) is 38.0 Å². The fourth-order valence-corrected chi connectivity index (χ4v) is 5.81. The fraction of sp³-hybridized carbons (Fsp3) is 0.323. The van der Waals surface area contributed by atoms with Gasteiger partial charge >= 0.3 is 5.97 Å². The van der Waals surface area contributed by atoms with Gasteiger partial charge in [-0.1, -0.05) is 84.9 Å². The molecule has 1 heterocycles. The Morgan fingerprint density at radius 3 is 1.97 bits per heavy atom. The molecule has 0 radical (unpaired) electrons. The van der Waals surface area contributed by atoms with Gasteiger partial charge in [0.1, 0.15) is 0 Å². The number of aliphatic carboxylic acids is 1. The summed E-state index contributed by atoms with van der Waals surface area (Å²) in [5, 5.41) is 9.89. The van der Waals surface area contributed by atoms with Crippen LogP contribution >= 0.6 is 12.4 Å². The van der Waals surface area contributed by atoms with Gasteiger partial charge in [0, 0.05) is 6.54 Å². The van der Waals surface area contributed by atoms with E-state index in [0.717, 1.165) is 57.3 Å². The average molecular weight is 488 g/mol. The molecular formula is C31H34ClNO2. The molecule has 1 saturated heterocycles. The summed E-state index contributed by atoms with van der Waals surface area (Å²) in [4.78, 5) is 14.5. The van der Waals surface area contributed by atoms with Gasteiger partial charge in [-0.3, -0.25) is 4.79 Å². The van der Waals surface area contributed by atoms with Crippen LogP contribution in [0.4, 0.5) is 0 Å². The molecule has 1 aliphatic heterocycles. The number of piperidine rings is 1. The van der Waals surface area contributed by atoms with Gasteiger partial charge < -0.3 is 10.0 Å². The number of carboxylic acids is 1. The first kappa shape index (κ1) is 25.2. The second-order valence-electron chi connectivity index (χ2n) is 9.63. The van der Waals surface area contributed by atoms with E-state index < -0.39 is 11.9 Å². The minimum Gasteiger partial charge on any atom is -0.481 e. The Morgan fingerprint density at radius 2 is 1.40 bits per heavy atom. The first-order chi connectivity index (χ1) is 16.7. The van der Waals surface area contributed by atoms with Crippen LogP contribution in [0.2, 0.25) is 0 Å². The molecule has 5 rings (SSSR count). The minimum absolute atomic E-state index is 0. The van der Waals surface area contributed by atoms with E-state index in [2.05, 4.69) is 59.5 Å². The van der Waals surface area contributed by atoms with Crippen molar-refractivity contribution >= 4 is 23.9 Å². The first-order valence-electron chi connectivity index (χ1n) is 12.6. The lowest BCUT2D eigenvalue weighted by Crippen LogP contribution is -2.37. The maximum atomic E-state index is 12.0. The van der Waals surface area contributed by atoms with Gasteiger partial charge in [-0.15, -0.1) is 12.4 Å². The van der Waals surface area contributed by atoms with Crippen LogP contribution in [-0.2, 0) is 17.6 Å². The maximum absolute atomic E-state index is 12.0. The molecule has 1 fully saturated rings. The summed E-state index contributed by atoms with van der Waals surface area (Å²) in [6, 6.07) is 27.4. The fourth-order valence-electron chi connectivity index (χ4n) is 5.81. The van der Waals surface area contributed by atoms with Gasteiger partial charge in [0.05, 0.1) is 5.92 Å². The van der Waals surface area contributed by atoms with Gasteiger partial charge in [0.25, 0.3) is 0 Å². The lowest BCUT2D eigenvalue weighted by Gasteiger charge is -2.34. The van der Waals surface area contributed by atoms with E-state index in [0.29, 0.717) is 0 Å². The number of nitrogens with zero attached hydrogens (tertiary/aromatic N) is 1. The summed E-state index contributed by atoms with van der Waals surface area (Å²) in [5.74, 6) is -0.889. The number of fused-ring (bicyclic) bond motifs is 2. The SMILES string of the molecule is Cl.O=C(O)C(c1ccccc1)C1CCN(CCC=C2c3ccccc3CCc3ccccc32)CC1. The summed E-state index contributed by atoms with van der Waals surface area (Å²) in [6.07, 6.45) is 7.49. The van der Waals surface area contributed by atoms with Crippen molar-refractivity contribution in [2.24, 2.45) is 5.92 Å². The molecule has 1 atom stereocenters. The molecule has 182 valence electrons. The van der Waals surface area contributed by atoms with Crippen LogP contribution in [-0.4, -0.2) is 35.6 Å². The largest absolute Gasteiger partial charge is 0.481 e. The summed E-state index contributed by atoms with van der Waals surface area (Å²) in [6.45, 7) is 2.96. The van der Waals surface area contributed by atoms with Crippen LogP contribution in [0.15, 0.2) is 84.9 Å². The highest BCUT2D eigenvalue weighted by molar-refractivity contribution is 5.85. The van der Waals surface area contributed by atoms with Crippen LogP contribution < -0.4 is 0 Å². The van der Waals surface area contributed by atoms with E-state index in [1.807, 2.05) is 30.3 Å². The molecule has 4 heteroatoms. The monoisotopic (exact) mass is 487 g/mol. The zero-order chi connectivity index (χ0) is 23.3. The Hall–Kier alpha value is -2.88. The van der Waals surface area contributed by atoms with Gasteiger partial charge in [0.2, 0.25) is 0 Å². The molecule has 0 spiro atoms. The van der Waals surface area contributed by atoms with Crippen molar-refractivity contribution in [1.82, 2.24) is 4.90 Å². The number of benzene rings is 3. The molecule has 2 aliphatic rings. The summed E-state index contributed by atoms with van der Waals surface area (Å²) in [7, 11) is 0. The number of carbonyl (C=O) groups is 1. The van der Waals surface area contributed by atoms with E-state index in [4.69, 9.17) is 0 Å². The van der Waals surface area contributed by atoms with Gasteiger partial charge in [-0.2, -0.15) is 0 Å². The second kappa shape index (κ2) is 11.7. The molecule has 3 aromatic rings. The lowest BCUT2D eigenvalue weighted by atomic mass is 9.80. The third kappa shape index (κ3) is 5.69. The number of likely N-dealkylation sites (tertiary alicyclic amines) is 1. The third-order valence-electron chi connectivity index (χ3n) is 7.60. The minimum atomic E-state index is -0.694. The number of hydrogen-bond donors (Lipinski definition) is 1. The molecule has 0 saturated carbocycles. The van der Waals surface area contributed by atoms with Crippen molar-refractivity contribution in [3.8, 4) is 0 Å². The lowest BCUT2D eigenvalue weighted by molar-refractivity contribution is -0.140. The molecule has 35 heavy (non-hydrogen) atoms. The molecule has 0 aromatic heterocycles. The smallest absolute Gasteiger partial charge is 0.311 e. The van der Waals surface area contributed by atoms with Gasteiger partial charge in [-0.25, -0.2) is 0 Å². The van der Waals surface area contributed by atoms with E-state index in [-0.39, 0.29) is 18.3 Å². The van der Waals surface area contributed by atoms with Crippen LogP contribution in [0.25, 0.3) is 5.57 Å². The zero-order valence-electron chi connectivity index (χ0n) is 20.1. The van der Waals surface area contributed by atoms with Crippen molar-refractivity contribution in [3.63, 3.8) is 0 Å². The van der Waals surface area contributed by atoms with Crippen molar-refractivity contribution < 1.29 is 9.90 Å². The standard InChI is InChI=1S/C31H33NO2.ClH/c33-31(34)30(25-11-2-1-3-12-25)26-18-21-32(22-19-26)20-8-15-29-27-13-6-4-9-23(27)16-17-24-10-5-7-14-28(24)29;/h1-7,9-15,26,30H,8,16-22H2,(H,33,34);1H. The average Bonchev–Trinajstić information content (AvgIpc) is 3.03. The molecule has 0 amide bonds. The molecule has 1 N–H and O–H groups in total. The number of halogens is 1. The summed E-state index contributed by atoms with van der Waals surface area (Å²) >= 11 is 0. The van der Waals surface area contributed by atoms with E-state index in [1.165, 1.54) is 27.8 Å². The number of rotatable bonds is 6. The second-order valence-corrected chi connectivity index (χ2v) is 9.63. The Kier molecular flexibility index (Phi) is 8.43. The van der Waals surface area contributed by atoms with Crippen LogP contribution in [0.5, 0.6) is 0 Å². The molecule has 1 unspecified atom stereocenters. The molecule has 3 nitrogen and oxygen atoms in total. The topological polar surface area (TPSA) is 40.5 Å². The van der Waals surface area contributed by atoms with E-state index in [1.54, 1.807) is 0 Å². The first-order valence-corrected chi connectivity index (χ1v) is 12.6. The Bertz CT molecular complexity index is 1120. The predicted octanol–water partition coefficient (Wildman–Crippen LogP) is 6.61. The molecule has 3 aromatic carbocycles. The van der Waals surface area contributed by atoms with Crippen molar-refractivity contribution in [1.29, 1.82) is 0 Å². The quantitative estimate of drug-likeness (QED) is 0.425. The molecular weight excluding hydrogens is 454 g/mol. The predicted molar refractivity (Wildman–Crippen MR) is 145 cm³/mol. The Balaban J connectivity index is 0.00000289. The summed E-state index contributed by atoms with van der Waals surface area (Å²) < 4.78 is 0. The Labute approximate surface area is 214 Å². The van der Waals surface area contributed by atoms with Crippen LogP contribution in [0, 0.1) is 5.92 Å². The van der Waals surface area contributed by atoms with E-state index in [9.17, 15) is 9.90 Å². The normalized spacial score (nSPS) is 16.9. The third-order valence-corrected chi connectivity index (χ3v) is 7.60. The summed E-state index contributed by atoms with van der Waals surface area (Å²) in [5.41, 5.74) is 7.92.